The third-order valence-corrected chi connectivity index (χ3v) is 3.44. The predicted octanol–water partition coefficient (Wildman–Crippen LogP) is 3.82. The fraction of sp³-hybridized carbons (Fsp3) is 0.500. The van der Waals surface area contributed by atoms with E-state index in [1.165, 1.54) is 12.8 Å². The summed E-state index contributed by atoms with van der Waals surface area (Å²) in [6.07, 6.45) is 4.01. The van der Waals surface area contributed by atoms with Gasteiger partial charge in [-0.25, -0.2) is 0 Å². The Morgan fingerprint density at radius 1 is 1.53 bits per heavy atom. The van der Waals surface area contributed by atoms with Crippen molar-refractivity contribution in [2.45, 2.75) is 32.1 Å². The molecule has 0 saturated heterocycles. The molecule has 1 aliphatic carbocycles. The van der Waals surface area contributed by atoms with Crippen molar-refractivity contribution in [2.24, 2.45) is 5.92 Å². The second kappa shape index (κ2) is 5.54. The van der Waals surface area contributed by atoms with Crippen LogP contribution < -0.4 is 4.74 Å². The molecule has 0 heterocycles. The van der Waals surface area contributed by atoms with Crippen LogP contribution in [0.4, 0.5) is 0 Å². The molecule has 0 amide bonds. The number of ether oxygens (including phenoxy) is 1. The van der Waals surface area contributed by atoms with Gasteiger partial charge in [0.1, 0.15) is 12.0 Å². The van der Waals surface area contributed by atoms with Gasteiger partial charge in [-0.3, -0.25) is 0 Å². The SMILES string of the molecule is CC(CC=O)c1ccc(OCC2CC2)c(Cl)c1. The van der Waals surface area contributed by atoms with Gasteiger partial charge in [-0.15, -0.1) is 0 Å². The summed E-state index contributed by atoms with van der Waals surface area (Å²) >= 11 is 6.16. The summed E-state index contributed by atoms with van der Waals surface area (Å²) in [6, 6.07) is 5.79. The standard InChI is InChI=1S/C14H17ClO2/c1-10(6-7-16)12-4-5-14(13(15)8-12)17-9-11-2-3-11/h4-5,7-8,10-11H,2-3,6,9H2,1H3. The maximum Gasteiger partial charge on any atom is 0.137 e. The van der Waals surface area contributed by atoms with Crippen molar-refractivity contribution in [1.82, 2.24) is 0 Å². The van der Waals surface area contributed by atoms with Gasteiger partial charge in [-0.05, 0) is 42.4 Å². The largest absolute Gasteiger partial charge is 0.492 e. The number of halogens is 1. The van der Waals surface area contributed by atoms with Crippen LogP contribution in [0.5, 0.6) is 5.75 Å². The highest BCUT2D eigenvalue weighted by molar-refractivity contribution is 6.32. The van der Waals surface area contributed by atoms with Crippen molar-refractivity contribution in [3.8, 4) is 5.75 Å². The first kappa shape index (κ1) is 12.4. The lowest BCUT2D eigenvalue weighted by molar-refractivity contribution is -0.108. The van der Waals surface area contributed by atoms with E-state index in [0.29, 0.717) is 11.4 Å². The zero-order valence-corrected chi connectivity index (χ0v) is 10.7. The molecule has 0 aromatic heterocycles. The van der Waals surface area contributed by atoms with Gasteiger partial charge in [-0.1, -0.05) is 24.6 Å². The molecular formula is C14H17ClO2. The maximum atomic E-state index is 10.5. The molecule has 2 nitrogen and oxygen atoms in total. The molecule has 1 aliphatic rings. The predicted molar refractivity (Wildman–Crippen MR) is 68.8 cm³/mol. The zero-order valence-electron chi connectivity index (χ0n) is 9.99. The third kappa shape index (κ3) is 3.47. The van der Waals surface area contributed by atoms with E-state index < -0.39 is 0 Å². The number of carbonyl (C=O) groups excluding carboxylic acids is 1. The Hall–Kier alpha value is -1.02. The highest BCUT2D eigenvalue weighted by atomic mass is 35.5. The first-order chi connectivity index (χ1) is 8.20. The minimum Gasteiger partial charge on any atom is -0.492 e. The molecule has 1 unspecified atom stereocenters. The van der Waals surface area contributed by atoms with Gasteiger partial charge in [0, 0.05) is 6.42 Å². The minimum absolute atomic E-state index is 0.211. The average Bonchev–Trinajstić information content (AvgIpc) is 3.11. The van der Waals surface area contributed by atoms with E-state index in [-0.39, 0.29) is 5.92 Å². The van der Waals surface area contributed by atoms with Crippen LogP contribution in [0.3, 0.4) is 0 Å². The molecule has 1 aromatic rings. The maximum absolute atomic E-state index is 10.5. The van der Waals surface area contributed by atoms with Crippen LogP contribution in [0, 0.1) is 5.92 Å². The van der Waals surface area contributed by atoms with Crippen molar-refractivity contribution in [1.29, 1.82) is 0 Å². The summed E-state index contributed by atoms with van der Waals surface area (Å²) in [7, 11) is 0. The summed E-state index contributed by atoms with van der Waals surface area (Å²) < 4.78 is 5.65. The number of rotatable bonds is 6. The zero-order chi connectivity index (χ0) is 12.3. The van der Waals surface area contributed by atoms with E-state index in [1.54, 1.807) is 0 Å². The third-order valence-electron chi connectivity index (χ3n) is 3.15. The molecule has 0 bridgehead atoms. The lowest BCUT2D eigenvalue weighted by atomic mass is 9.98. The molecule has 2 rings (SSSR count). The second-order valence-corrected chi connectivity index (χ2v) is 5.15. The molecular weight excluding hydrogens is 236 g/mol. The molecule has 0 aliphatic heterocycles. The van der Waals surface area contributed by atoms with E-state index >= 15 is 0 Å². The second-order valence-electron chi connectivity index (χ2n) is 4.75. The van der Waals surface area contributed by atoms with Gasteiger partial charge in [0.15, 0.2) is 0 Å². The number of benzene rings is 1. The molecule has 3 heteroatoms. The van der Waals surface area contributed by atoms with E-state index in [9.17, 15) is 4.79 Å². The average molecular weight is 253 g/mol. The molecule has 0 spiro atoms. The summed E-state index contributed by atoms with van der Waals surface area (Å²) in [5.74, 6) is 1.68. The summed E-state index contributed by atoms with van der Waals surface area (Å²) in [5, 5.41) is 0.640. The van der Waals surface area contributed by atoms with Crippen LogP contribution in [-0.4, -0.2) is 12.9 Å². The van der Waals surface area contributed by atoms with Gasteiger partial charge in [0.05, 0.1) is 11.6 Å². The Morgan fingerprint density at radius 2 is 2.29 bits per heavy atom. The van der Waals surface area contributed by atoms with Crippen molar-refractivity contribution in [3.05, 3.63) is 28.8 Å². The number of carbonyl (C=O) groups is 1. The van der Waals surface area contributed by atoms with E-state index in [0.717, 1.165) is 30.1 Å². The van der Waals surface area contributed by atoms with E-state index in [4.69, 9.17) is 16.3 Å². The van der Waals surface area contributed by atoms with Gasteiger partial charge in [0.2, 0.25) is 0 Å². The highest BCUT2D eigenvalue weighted by Crippen LogP contribution is 2.33. The van der Waals surface area contributed by atoms with Crippen LogP contribution >= 0.6 is 11.6 Å². The number of aldehydes is 1. The molecule has 1 atom stereocenters. The molecule has 1 saturated carbocycles. The monoisotopic (exact) mass is 252 g/mol. The Labute approximate surface area is 107 Å². The lowest BCUT2D eigenvalue weighted by Crippen LogP contribution is -2.00. The molecule has 1 aromatic carbocycles. The van der Waals surface area contributed by atoms with Crippen LogP contribution in [0.2, 0.25) is 5.02 Å². The topological polar surface area (TPSA) is 26.3 Å². The normalized spacial score (nSPS) is 16.6. The van der Waals surface area contributed by atoms with Gasteiger partial charge in [0.25, 0.3) is 0 Å². The first-order valence-electron chi connectivity index (χ1n) is 6.06. The quantitative estimate of drug-likeness (QED) is 0.720. The highest BCUT2D eigenvalue weighted by Gasteiger charge is 2.22. The fourth-order valence-corrected chi connectivity index (χ4v) is 1.96. The summed E-state index contributed by atoms with van der Waals surface area (Å²) in [5.41, 5.74) is 1.08. The Kier molecular flexibility index (Phi) is 4.06. The smallest absolute Gasteiger partial charge is 0.137 e. The van der Waals surface area contributed by atoms with E-state index in [1.807, 2.05) is 25.1 Å². The van der Waals surface area contributed by atoms with Crippen molar-refractivity contribution in [3.63, 3.8) is 0 Å². The van der Waals surface area contributed by atoms with Crippen molar-refractivity contribution >= 4 is 17.9 Å². The lowest BCUT2D eigenvalue weighted by Gasteiger charge is -2.12. The fourth-order valence-electron chi connectivity index (χ4n) is 1.71. The molecule has 0 N–H and O–H groups in total. The van der Waals surface area contributed by atoms with Crippen LogP contribution in [-0.2, 0) is 4.79 Å². The Bertz CT molecular complexity index is 399. The molecule has 0 radical (unpaired) electrons. The van der Waals surface area contributed by atoms with Gasteiger partial charge >= 0.3 is 0 Å². The van der Waals surface area contributed by atoms with Crippen LogP contribution in [0.25, 0.3) is 0 Å². The first-order valence-corrected chi connectivity index (χ1v) is 6.44. The summed E-state index contributed by atoms with van der Waals surface area (Å²) in [4.78, 5) is 10.5. The van der Waals surface area contributed by atoms with Crippen molar-refractivity contribution < 1.29 is 9.53 Å². The summed E-state index contributed by atoms with van der Waals surface area (Å²) in [6.45, 7) is 2.79. The molecule has 1 fully saturated rings. The minimum atomic E-state index is 0.211. The molecule has 17 heavy (non-hydrogen) atoms. The van der Waals surface area contributed by atoms with Crippen LogP contribution in [0.15, 0.2) is 18.2 Å². The Balaban J connectivity index is 2.01. The van der Waals surface area contributed by atoms with Crippen LogP contribution in [0.1, 0.15) is 37.7 Å². The number of hydrogen-bond acceptors (Lipinski definition) is 2. The Morgan fingerprint density at radius 3 is 2.88 bits per heavy atom. The van der Waals surface area contributed by atoms with E-state index in [2.05, 4.69) is 0 Å². The van der Waals surface area contributed by atoms with Crippen molar-refractivity contribution in [2.75, 3.05) is 6.61 Å². The van der Waals surface area contributed by atoms with Gasteiger partial charge in [-0.2, -0.15) is 0 Å². The van der Waals surface area contributed by atoms with Gasteiger partial charge < -0.3 is 9.53 Å². The number of hydrogen-bond donors (Lipinski definition) is 0. The molecule has 92 valence electrons.